The van der Waals surface area contributed by atoms with Crippen molar-refractivity contribution in [3.8, 4) is 11.5 Å². The number of carbonyl (C=O) groups is 2. The quantitative estimate of drug-likeness (QED) is 0.805. The number of halogens is 1. The zero-order valence-corrected chi connectivity index (χ0v) is 14.2. The maximum Gasteiger partial charge on any atom is 0.287 e. The third-order valence-electron chi connectivity index (χ3n) is 3.30. The van der Waals surface area contributed by atoms with Crippen LogP contribution >= 0.6 is 15.9 Å². The maximum absolute atomic E-state index is 11.8. The molecule has 2 N–H and O–H groups in total. The number of carbonyl (C=O) groups excluding carboxylic acids is 2. The van der Waals surface area contributed by atoms with Gasteiger partial charge in [0.2, 0.25) is 5.91 Å². The maximum atomic E-state index is 11.8. The molecule has 2 heterocycles. The average Bonchev–Trinajstić information content (AvgIpc) is 3.04. The molecule has 0 spiro atoms. The molecule has 2 amide bonds. The summed E-state index contributed by atoms with van der Waals surface area (Å²) < 4.78 is 16.8. The topological polar surface area (TPSA) is 89.8 Å². The highest BCUT2D eigenvalue weighted by molar-refractivity contribution is 9.10. The van der Waals surface area contributed by atoms with Gasteiger partial charge in [-0.1, -0.05) is 12.1 Å². The van der Waals surface area contributed by atoms with E-state index in [0.717, 1.165) is 0 Å². The summed E-state index contributed by atoms with van der Waals surface area (Å²) in [7, 11) is 0. The molecule has 1 aliphatic heterocycles. The standard InChI is InChI=1S/C16H15BrN2O5/c17-14-6-5-13(24-14)16(21)19-8-15(20)18-7-10-9-22-11-3-1-2-4-12(11)23-10/h1-6,10H,7-9H2,(H,18,20)(H,19,21)/t10-/m1/s1. The van der Waals surface area contributed by atoms with Crippen molar-refractivity contribution in [2.24, 2.45) is 0 Å². The first-order chi connectivity index (χ1) is 11.6. The molecule has 1 aromatic carbocycles. The highest BCUT2D eigenvalue weighted by Crippen LogP contribution is 2.30. The van der Waals surface area contributed by atoms with Crippen LogP contribution in [0.2, 0.25) is 0 Å². The Balaban J connectivity index is 1.41. The number of hydrogen-bond acceptors (Lipinski definition) is 5. The normalized spacial score (nSPS) is 15.6. The van der Waals surface area contributed by atoms with Crippen molar-refractivity contribution in [2.45, 2.75) is 6.10 Å². The molecule has 0 saturated heterocycles. The Morgan fingerprint density at radius 1 is 1.12 bits per heavy atom. The number of fused-ring (bicyclic) bond motifs is 1. The summed E-state index contributed by atoms with van der Waals surface area (Å²) in [6.07, 6.45) is -0.277. The van der Waals surface area contributed by atoms with Crippen molar-refractivity contribution < 1.29 is 23.5 Å². The molecule has 1 aromatic heterocycles. The van der Waals surface area contributed by atoms with Crippen LogP contribution < -0.4 is 20.1 Å². The second-order valence-electron chi connectivity index (χ2n) is 5.09. The van der Waals surface area contributed by atoms with Crippen molar-refractivity contribution in [1.82, 2.24) is 10.6 Å². The SMILES string of the molecule is O=C(CNC(=O)c1ccc(Br)o1)NC[C@@H]1COc2ccccc2O1. The van der Waals surface area contributed by atoms with Crippen LogP contribution in [0.5, 0.6) is 11.5 Å². The first-order valence-corrected chi connectivity index (χ1v) is 8.10. The molecule has 0 bridgehead atoms. The molecule has 0 radical (unpaired) electrons. The predicted octanol–water partition coefficient (Wildman–Crippen LogP) is 1.73. The number of nitrogens with one attached hydrogen (secondary N) is 2. The van der Waals surface area contributed by atoms with Crippen molar-refractivity contribution in [3.05, 3.63) is 46.8 Å². The van der Waals surface area contributed by atoms with Gasteiger partial charge in [0.1, 0.15) is 12.7 Å². The van der Waals surface area contributed by atoms with E-state index in [-0.39, 0.29) is 30.9 Å². The van der Waals surface area contributed by atoms with E-state index in [2.05, 4.69) is 26.6 Å². The zero-order chi connectivity index (χ0) is 16.9. The van der Waals surface area contributed by atoms with Gasteiger partial charge < -0.3 is 24.5 Å². The lowest BCUT2D eigenvalue weighted by Gasteiger charge is -2.26. The van der Waals surface area contributed by atoms with E-state index < -0.39 is 5.91 Å². The molecule has 8 heteroatoms. The Hall–Kier alpha value is -2.48. The molecular weight excluding hydrogens is 380 g/mol. The van der Waals surface area contributed by atoms with Crippen molar-refractivity contribution >= 4 is 27.7 Å². The lowest BCUT2D eigenvalue weighted by molar-refractivity contribution is -0.120. The molecule has 0 aliphatic carbocycles. The smallest absolute Gasteiger partial charge is 0.287 e. The van der Waals surface area contributed by atoms with E-state index in [1.807, 2.05) is 24.3 Å². The number of amides is 2. The number of hydrogen-bond donors (Lipinski definition) is 2. The van der Waals surface area contributed by atoms with Crippen LogP contribution in [0, 0.1) is 0 Å². The third-order valence-corrected chi connectivity index (χ3v) is 3.73. The van der Waals surface area contributed by atoms with Crippen LogP contribution in [0.15, 0.2) is 45.5 Å². The minimum absolute atomic E-state index is 0.135. The van der Waals surface area contributed by atoms with E-state index >= 15 is 0 Å². The Bertz CT molecular complexity index is 746. The van der Waals surface area contributed by atoms with Crippen molar-refractivity contribution in [1.29, 1.82) is 0 Å². The first-order valence-electron chi connectivity index (χ1n) is 7.30. The minimum Gasteiger partial charge on any atom is -0.486 e. The molecule has 24 heavy (non-hydrogen) atoms. The lowest BCUT2D eigenvalue weighted by Crippen LogP contribution is -2.44. The van der Waals surface area contributed by atoms with Crippen molar-refractivity contribution in [3.63, 3.8) is 0 Å². The molecule has 3 rings (SSSR count). The summed E-state index contributed by atoms with van der Waals surface area (Å²) in [4.78, 5) is 23.6. The summed E-state index contributed by atoms with van der Waals surface area (Å²) in [5.74, 6) is 0.699. The minimum atomic E-state index is -0.456. The second-order valence-corrected chi connectivity index (χ2v) is 5.87. The molecule has 1 aliphatic rings. The molecule has 2 aromatic rings. The summed E-state index contributed by atoms with van der Waals surface area (Å²) in [6, 6.07) is 10.5. The van der Waals surface area contributed by atoms with Crippen LogP contribution in [0.1, 0.15) is 10.6 Å². The lowest BCUT2D eigenvalue weighted by atomic mass is 10.2. The molecule has 0 fully saturated rings. The van der Waals surface area contributed by atoms with E-state index in [9.17, 15) is 9.59 Å². The Kier molecular flexibility index (Phi) is 5.05. The molecule has 126 valence electrons. The average molecular weight is 395 g/mol. The van der Waals surface area contributed by atoms with Crippen LogP contribution in [0.4, 0.5) is 0 Å². The number of rotatable bonds is 5. The Labute approximate surface area is 146 Å². The van der Waals surface area contributed by atoms with Gasteiger partial charge in [0, 0.05) is 0 Å². The summed E-state index contributed by atoms with van der Waals surface area (Å²) >= 11 is 3.11. The molecule has 1 atom stereocenters. The van der Waals surface area contributed by atoms with Gasteiger partial charge in [-0.05, 0) is 40.2 Å². The zero-order valence-electron chi connectivity index (χ0n) is 12.6. The molecule has 7 nitrogen and oxygen atoms in total. The fraction of sp³-hybridized carbons (Fsp3) is 0.250. The van der Waals surface area contributed by atoms with E-state index in [4.69, 9.17) is 13.9 Å². The van der Waals surface area contributed by atoms with Gasteiger partial charge in [-0.15, -0.1) is 0 Å². The number of benzene rings is 1. The van der Waals surface area contributed by atoms with Gasteiger partial charge in [0.15, 0.2) is 21.9 Å². The number of para-hydroxylation sites is 2. The Morgan fingerprint density at radius 3 is 2.67 bits per heavy atom. The summed E-state index contributed by atoms with van der Waals surface area (Å²) in [5.41, 5.74) is 0. The van der Waals surface area contributed by atoms with Crippen LogP contribution in [0.25, 0.3) is 0 Å². The third kappa shape index (κ3) is 4.08. The fourth-order valence-corrected chi connectivity index (χ4v) is 2.44. The van der Waals surface area contributed by atoms with Crippen molar-refractivity contribution in [2.75, 3.05) is 19.7 Å². The predicted molar refractivity (Wildman–Crippen MR) is 88.1 cm³/mol. The summed E-state index contributed by atoms with van der Waals surface area (Å²) in [6.45, 7) is 0.487. The van der Waals surface area contributed by atoms with Gasteiger partial charge >= 0.3 is 0 Å². The van der Waals surface area contributed by atoms with E-state index in [1.54, 1.807) is 6.07 Å². The highest BCUT2D eigenvalue weighted by atomic mass is 79.9. The van der Waals surface area contributed by atoms with Crippen LogP contribution in [-0.2, 0) is 4.79 Å². The van der Waals surface area contributed by atoms with E-state index in [0.29, 0.717) is 22.8 Å². The van der Waals surface area contributed by atoms with Gasteiger partial charge in [0.05, 0.1) is 13.1 Å². The second kappa shape index (κ2) is 7.39. The van der Waals surface area contributed by atoms with Gasteiger partial charge in [-0.2, -0.15) is 0 Å². The largest absolute Gasteiger partial charge is 0.486 e. The summed E-state index contributed by atoms with van der Waals surface area (Å²) in [5, 5.41) is 5.17. The number of furan rings is 1. The molecule has 0 unspecified atom stereocenters. The number of ether oxygens (including phenoxy) is 2. The highest BCUT2D eigenvalue weighted by Gasteiger charge is 2.21. The first kappa shape index (κ1) is 16.4. The van der Waals surface area contributed by atoms with Crippen LogP contribution in [-0.4, -0.2) is 37.6 Å². The van der Waals surface area contributed by atoms with Gasteiger partial charge in [-0.25, -0.2) is 0 Å². The Morgan fingerprint density at radius 2 is 1.92 bits per heavy atom. The van der Waals surface area contributed by atoms with Gasteiger partial charge in [-0.3, -0.25) is 9.59 Å². The molecule has 0 saturated carbocycles. The van der Waals surface area contributed by atoms with E-state index in [1.165, 1.54) is 6.07 Å². The van der Waals surface area contributed by atoms with Crippen LogP contribution in [0.3, 0.4) is 0 Å². The molecular formula is C16H15BrN2O5. The monoisotopic (exact) mass is 394 g/mol. The fourth-order valence-electron chi connectivity index (χ4n) is 2.14. The van der Waals surface area contributed by atoms with Gasteiger partial charge in [0.25, 0.3) is 5.91 Å².